The molecule has 1 N–H and O–H groups in total. The highest BCUT2D eigenvalue weighted by Gasteiger charge is 2.28. The molecule has 1 aliphatic heterocycles. The van der Waals surface area contributed by atoms with Crippen molar-refractivity contribution >= 4 is 24.0 Å². The first-order valence-corrected chi connectivity index (χ1v) is 8.68. The molecule has 7 nitrogen and oxygen atoms in total. The van der Waals surface area contributed by atoms with E-state index in [0.717, 1.165) is 5.56 Å². The highest BCUT2D eigenvalue weighted by Crippen LogP contribution is 2.27. The number of nitro benzene ring substituents is 1. The number of halogens is 2. The Morgan fingerprint density at radius 2 is 2.07 bits per heavy atom. The molecule has 1 unspecified atom stereocenters. The Morgan fingerprint density at radius 3 is 2.82 bits per heavy atom. The van der Waals surface area contributed by atoms with Crippen molar-refractivity contribution < 1.29 is 18.8 Å². The van der Waals surface area contributed by atoms with Gasteiger partial charge in [-0.3, -0.25) is 14.9 Å². The monoisotopic (exact) mass is 409 g/mol. The van der Waals surface area contributed by atoms with E-state index in [0.29, 0.717) is 19.6 Å². The topological polar surface area (TPSA) is 84.7 Å². The van der Waals surface area contributed by atoms with E-state index in [9.17, 15) is 19.3 Å². The van der Waals surface area contributed by atoms with Gasteiger partial charge in [-0.1, -0.05) is 24.3 Å². The van der Waals surface area contributed by atoms with Crippen LogP contribution in [0.5, 0.6) is 5.75 Å². The number of rotatable bonds is 6. The molecular formula is C19H21ClFN3O4. The number of nitrogens with zero attached hydrogens (tertiary/aromatic N) is 2. The summed E-state index contributed by atoms with van der Waals surface area (Å²) in [5.41, 5.74) is 0.597. The second-order valence-electron chi connectivity index (χ2n) is 6.19. The Bertz CT molecular complexity index is 836. The molecule has 150 valence electrons. The van der Waals surface area contributed by atoms with Crippen molar-refractivity contribution in [2.45, 2.75) is 12.5 Å². The number of piperazine rings is 1. The molecule has 28 heavy (non-hydrogen) atoms. The summed E-state index contributed by atoms with van der Waals surface area (Å²) in [6.45, 7) is 1.73. The van der Waals surface area contributed by atoms with Crippen LogP contribution in [0.4, 0.5) is 10.1 Å². The van der Waals surface area contributed by atoms with Crippen molar-refractivity contribution in [2.75, 3.05) is 26.2 Å². The number of hydrogen-bond donors (Lipinski definition) is 1. The molecule has 0 spiro atoms. The average Bonchev–Trinajstić information content (AvgIpc) is 2.68. The van der Waals surface area contributed by atoms with Crippen LogP contribution in [-0.2, 0) is 4.79 Å². The standard InChI is InChI=1S/C19H20FN3O4.ClH/c20-15-5-3-4-14(12-15)17-13-21-9-10-22(17)19(24)8-11-27-18-7-2-1-6-16(18)23(25)26;/h1-7,12,17,21H,8-11,13H2;1H. The predicted octanol–water partition coefficient (Wildman–Crippen LogP) is 3.10. The Kier molecular flexibility index (Phi) is 7.71. The Morgan fingerprint density at radius 1 is 1.29 bits per heavy atom. The first-order valence-electron chi connectivity index (χ1n) is 8.68. The molecule has 1 saturated heterocycles. The Labute approximate surface area is 168 Å². The van der Waals surface area contributed by atoms with Crippen molar-refractivity contribution in [3.63, 3.8) is 0 Å². The maximum Gasteiger partial charge on any atom is 0.310 e. The highest BCUT2D eigenvalue weighted by molar-refractivity contribution is 5.85. The van der Waals surface area contributed by atoms with E-state index < -0.39 is 4.92 Å². The summed E-state index contributed by atoms with van der Waals surface area (Å²) < 4.78 is 19.0. The number of ether oxygens (including phenoxy) is 1. The molecule has 0 saturated carbocycles. The summed E-state index contributed by atoms with van der Waals surface area (Å²) in [7, 11) is 0. The second-order valence-corrected chi connectivity index (χ2v) is 6.19. The number of nitro groups is 1. The minimum Gasteiger partial charge on any atom is -0.486 e. The molecule has 0 radical (unpaired) electrons. The van der Waals surface area contributed by atoms with Gasteiger partial charge in [0.05, 0.1) is 24.0 Å². The summed E-state index contributed by atoms with van der Waals surface area (Å²) in [5, 5.41) is 14.2. The van der Waals surface area contributed by atoms with E-state index >= 15 is 0 Å². The van der Waals surface area contributed by atoms with Crippen LogP contribution >= 0.6 is 12.4 Å². The van der Waals surface area contributed by atoms with Crippen LogP contribution < -0.4 is 10.1 Å². The summed E-state index contributed by atoms with van der Waals surface area (Å²) in [4.78, 5) is 24.9. The number of benzene rings is 2. The zero-order valence-corrected chi connectivity index (χ0v) is 15.9. The van der Waals surface area contributed by atoms with Crippen LogP contribution in [0, 0.1) is 15.9 Å². The Balaban J connectivity index is 0.00000280. The maximum atomic E-state index is 13.5. The van der Waals surface area contributed by atoms with E-state index in [1.807, 2.05) is 0 Å². The number of hydrogen-bond acceptors (Lipinski definition) is 5. The van der Waals surface area contributed by atoms with E-state index in [1.54, 1.807) is 29.2 Å². The van der Waals surface area contributed by atoms with E-state index in [1.165, 1.54) is 24.3 Å². The third kappa shape index (κ3) is 5.17. The van der Waals surface area contributed by atoms with Crippen molar-refractivity contribution in [1.82, 2.24) is 10.2 Å². The van der Waals surface area contributed by atoms with Gasteiger partial charge in [0.2, 0.25) is 5.91 Å². The summed E-state index contributed by atoms with van der Waals surface area (Å²) >= 11 is 0. The fourth-order valence-corrected chi connectivity index (χ4v) is 3.14. The lowest BCUT2D eigenvalue weighted by molar-refractivity contribution is -0.385. The van der Waals surface area contributed by atoms with E-state index in [4.69, 9.17) is 4.74 Å². The molecular weight excluding hydrogens is 389 g/mol. The molecule has 1 atom stereocenters. The predicted molar refractivity (Wildman–Crippen MR) is 104 cm³/mol. The average molecular weight is 410 g/mol. The number of carbonyl (C=O) groups is 1. The fourth-order valence-electron chi connectivity index (χ4n) is 3.14. The third-order valence-electron chi connectivity index (χ3n) is 4.43. The smallest absolute Gasteiger partial charge is 0.310 e. The zero-order valence-electron chi connectivity index (χ0n) is 15.0. The Hall–Kier alpha value is -2.71. The molecule has 1 amide bonds. The normalized spacial score (nSPS) is 16.2. The summed E-state index contributed by atoms with van der Waals surface area (Å²) in [6.07, 6.45) is 0.0812. The molecule has 1 fully saturated rings. The summed E-state index contributed by atoms with van der Waals surface area (Å²) in [6, 6.07) is 12.0. The molecule has 0 aliphatic carbocycles. The van der Waals surface area contributed by atoms with E-state index in [-0.39, 0.29) is 54.6 Å². The van der Waals surface area contributed by atoms with Gasteiger partial charge in [0.25, 0.3) is 0 Å². The van der Waals surface area contributed by atoms with Crippen LogP contribution in [0.25, 0.3) is 0 Å². The SMILES string of the molecule is Cl.O=C(CCOc1ccccc1[N+](=O)[O-])N1CCNCC1c1cccc(F)c1. The van der Waals surface area contributed by atoms with Crippen molar-refractivity contribution in [3.8, 4) is 5.75 Å². The third-order valence-corrected chi connectivity index (χ3v) is 4.43. The number of carbonyl (C=O) groups excluding carboxylic acids is 1. The van der Waals surface area contributed by atoms with Crippen LogP contribution in [0.1, 0.15) is 18.0 Å². The number of nitrogens with one attached hydrogen (secondary N) is 1. The van der Waals surface area contributed by atoms with Gasteiger partial charge in [0.1, 0.15) is 5.82 Å². The molecule has 3 rings (SSSR count). The molecule has 2 aromatic rings. The fraction of sp³-hybridized carbons (Fsp3) is 0.316. The zero-order chi connectivity index (χ0) is 19.2. The van der Waals surface area contributed by atoms with Gasteiger partial charge in [0, 0.05) is 25.7 Å². The first-order chi connectivity index (χ1) is 13.1. The maximum absolute atomic E-state index is 13.5. The number of para-hydroxylation sites is 2. The van der Waals surface area contributed by atoms with Crippen LogP contribution in [0.2, 0.25) is 0 Å². The molecule has 0 aromatic heterocycles. The minimum absolute atomic E-state index is 0. The van der Waals surface area contributed by atoms with Crippen molar-refractivity contribution in [1.29, 1.82) is 0 Å². The van der Waals surface area contributed by atoms with Crippen molar-refractivity contribution in [2.24, 2.45) is 0 Å². The molecule has 1 aliphatic rings. The highest BCUT2D eigenvalue weighted by atomic mass is 35.5. The van der Waals surface area contributed by atoms with Gasteiger partial charge < -0.3 is 15.0 Å². The first kappa shape index (κ1) is 21.6. The lowest BCUT2D eigenvalue weighted by Crippen LogP contribution is -2.49. The van der Waals surface area contributed by atoms with Crippen LogP contribution in [-0.4, -0.2) is 42.0 Å². The van der Waals surface area contributed by atoms with Gasteiger partial charge in [-0.25, -0.2) is 4.39 Å². The molecule has 9 heteroatoms. The minimum atomic E-state index is -0.520. The van der Waals surface area contributed by atoms with Gasteiger partial charge in [-0.05, 0) is 23.8 Å². The lowest BCUT2D eigenvalue weighted by atomic mass is 10.0. The largest absolute Gasteiger partial charge is 0.486 e. The van der Waals surface area contributed by atoms with Gasteiger partial charge in [0.15, 0.2) is 5.75 Å². The molecule has 0 bridgehead atoms. The second kappa shape index (κ2) is 10.0. The van der Waals surface area contributed by atoms with E-state index in [2.05, 4.69) is 5.32 Å². The van der Waals surface area contributed by atoms with Crippen LogP contribution in [0.15, 0.2) is 48.5 Å². The van der Waals surface area contributed by atoms with Gasteiger partial charge >= 0.3 is 5.69 Å². The quantitative estimate of drug-likeness (QED) is 0.585. The van der Waals surface area contributed by atoms with Gasteiger partial charge in [-0.15, -0.1) is 12.4 Å². The summed E-state index contributed by atoms with van der Waals surface area (Å²) in [5.74, 6) is -0.341. The lowest BCUT2D eigenvalue weighted by Gasteiger charge is -2.36. The number of amides is 1. The molecule has 2 aromatic carbocycles. The molecule has 1 heterocycles. The van der Waals surface area contributed by atoms with Crippen molar-refractivity contribution in [3.05, 3.63) is 70.0 Å². The van der Waals surface area contributed by atoms with Crippen LogP contribution in [0.3, 0.4) is 0 Å². The van der Waals surface area contributed by atoms with Gasteiger partial charge in [-0.2, -0.15) is 0 Å².